The van der Waals surface area contributed by atoms with Crippen molar-refractivity contribution >= 4 is 17.6 Å². The van der Waals surface area contributed by atoms with Crippen LogP contribution in [-0.2, 0) is 6.42 Å². The van der Waals surface area contributed by atoms with Crippen LogP contribution >= 0.6 is 11.6 Å². The number of nitrogens with one attached hydrogen (secondary N) is 2. The molecular formula is C18H28ClN3O2. The largest absolute Gasteiger partial charge is 0.497 e. The number of hydrogen-bond donors (Lipinski definition) is 3. The van der Waals surface area contributed by atoms with Gasteiger partial charge in [-0.25, -0.2) is 0 Å². The van der Waals surface area contributed by atoms with E-state index in [0.717, 1.165) is 62.5 Å². The highest BCUT2D eigenvalue weighted by molar-refractivity contribution is 6.31. The predicted octanol–water partition coefficient (Wildman–Crippen LogP) is 2.75. The van der Waals surface area contributed by atoms with Crippen LogP contribution in [0.3, 0.4) is 0 Å². The van der Waals surface area contributed by atoms with E-state index >= 15 is 0 Å². The van der Waals surface area contributed by atoms with Gasteiger partial charge in [-0.1, -0.05) is 30.5 Å². The third-order valence-corrected chi connectivity index (χ3v) is 4.71. The van der Waals surface area contributed by atoms with Crippen LogP contribution in [0.1, 0.15) is 38.2 Å². The second-order valence-electron chi connectivity index (χ2n) is 6.26. The van der Waals surface area contributed by atoms with Crippen molar-refractivity contribution in [1.82, 2.24) is 10.6 Å². The number of benzene rings is 1. The van der Waals surface area contributed by atoms with E-state index in [1.54, 1.807) is 7.11 Å². The molecule has 1 aromatic carbocycles. The van der Waals surface area contributed by atoms with E-state index in [2.05, 4.69) is 15.6 Å². The number of aliphatic imine (C=N–C) groups is 1. The van der Waals surface area contributed by atoms with Gasteiger partial charge in [0.2, 0.25) is 0 Å². The number of methoxy groups -OCH3 is 1. The molecule has 0 aliphatic heterocycles. The number of aliphatic hydroxyl groups is 1. The smallest absolute Gasteiger partial charge is 0.191 e. The lowest BCUT2D eigenvalue weighted by molar-refractivity contribution is 0.0574. The van der Waals surface area contributed by atoms with Crippen LogP contribution in [0, 0.1) is 0 Å². The molecule has 1 aromatic rings. The zero-order valence-electron chi connectivity index (χ0n) is 14.6. The van der Waals surface area contributed by atoms with Gasteiger partial charge in [-0.2, -0.15) is 0 Å². The highest BCUT2D eigenvalue weighted by atomic mass is 35.5. The van der Waals surface area contributed by atoms with Crippen molar-refractivity contribution in [2.75, 3.05) is 26.7 Å². The average molecular weight is 354 g/mol. The minimum atomic E-state index is -0.623. The molecular weight excluding hydrogens is 326 g/mol. The summed E-state index contributed by atoms with van der Waals surface area (Å²) in [5, 5.41) is 17.6. The van der Waals surface area contributed by atoms with E-state index in [1.807, 2.05) is 25.1 Å². The van der Waals surface area contributed by atoms with Crippen molar-refractivity contribution < 1.29 is 9.84 Å². The van der Waals surface area contributed by atoms with Crippen molar-refractivity contribution in [2.45, 2.75) is 44.6 Å². The molecule has 3 N–H and O–H groups in total. The van der Waals surface area contributed by atoms with E-state index < -0.39 is 5.60 Å². The molecule has 24 heavy (non-hydrogen) atoms. The highest BCUT2D eigenvalue weighted by Crippen LogP contribution is 2.29. The van der Waals surface area contributed by atoms with Gasteiger partial charge in [-0.05, 0) is 43.9 Å². The molecule has 1 fully saturated rings. The van der Waals surface area contributed by atoms with Crippen LogP contribution in [0.5, 0.6) is 5.75 Å². The summed E-state index contributed by atoms with van der Waals surface area (Å²) < 4.78 is 5.16. The van der Waals surface area contributed by atoms with Gasteiger partial charge in [0, 0.05) is 18.1 Å². The van der Waals surface area contributed by atoms with Crippen LogP contribution in [0.15, 0.2) is 23.2 Å². The molecule has 6 heteroatoms. The van der Waals surface area contributed by atoms with Crippen LogP contribution in [0.25, 0.3) is 0 Å². The number of guanidine groups is 1. The minimum absolute atomic E-state index is 0.450. The summed E-state index contributed by atoms with van der Waals surface area (Å²) in [6, 6.07) is 5.72. The van der Waals surface area contributed by atoms with Crippen molar-refractivity contribution in [2.24, 2.45) is 4.99 Å². The summed E-state index contributed by atoms with van der Waals surface area (Å²) in [5.74, 6) is 1.50. The maximum Gasteiger partial charge on any atom is 0.191 e. The topological polar surface area (TPSA) is 65.9 Å². The third kappa shape index (κ3) is 5.56. The van der Waals surface area contributed by atoms with Crippen LogP contribution in [0.4, 0.5) is 0 Å². The van der Waals surface area contributed by atoms with Crippen LogP contribution in [0.2, 0.25) is 5.02 Å². The molecule has 0 radical (unpaired) electrons. The fourth-order valence-corrected chi connectivity index (χ4v) is 3.20. The third-order valence-electron chi connectivity index (χ3n) is 4.36. The summed E-state index contributed by atoms with van der Waals surface area (Å²) in [4.78, 5) is 4.54. The van der Waals surface area contributed by atoms with Crippen LogP contribution in [-0.4, -0.2) is 43.4 Å². The molecule has 2 rings (SSSR count). The molecule has 1 aliphatic rings. The summed E-state index contributed by atoms with van der Waals surface area (Å²) in [5.41, 5.74) is 0.442. The molecule has 0 unspecified atom stereocenters. The SMILES string of the molecule is CCNC(=NCC1(O)CCCC1)NCCc1ccc(OC)cc1Cl. The Bertz CT molecular complexity index is 557. The molecule has 1 aliphatic carbocycles. The Hall–Kier alpha value is -1.46. The number of nitrogens with zero attached hydrogens (tertiary/aromatic N) is 1. The first-order valence-electron chi connectivity index (χ1n) is 8.63. The minimum Gasteiger partial charge on any atom is -0.497 e. The van der Waals surface area contributed by atoms with E-state index in [1.165, 1.54) is 0 Å². The molecule has 0 amide bonds. The molecule has 0 atom stereocenters. The molecule has 0 spiro atoms. The second kappa shape index (κ2) is 9.14. The lowest BCUT2D eigenvalue weighted by Gasteiger charge is -2.20. The van der Waals surface area contributed by atoms with Gasteiger partial charge in [-0.3, -0.25) is 4.99 Å². The molecule has 1 saturated carbocycles. The molecule has 0 bridgehead atoms. The molecule has 134 valence electrons. The number of ether oxygens (including phenoxy) is 1. The van der Waals surface area contributed by atoms with Gasteiger partial charge in [0.1, 0.15) is 5.75 Å². The Balaban J connectivity index is 1.87. The van der Waals surface area contributed by atoms with Crippen molar-refractivity contribution in [1.29, 1.82) is 0 Å². The van der Waals surface area contributed by atoms with E-state index in [0.29, 0.717) is 11.6 Å². The van der Waals surface area contributed by atoms with E-state index in [9.17, 15) is 5.11 Å². The quantitative estimate of drug-likeness (QED) is 0.521. The Kier molecular flexibility index (Phi) is 7.18. The van der Waals surface area contributed by atoms with Crippen molar-refractivity contribution in [3.63, 3.8) is 0 Å². The lowest BCUT2D eigenvalue weighted by Crippen LogP contribution is -2.40. The molecule has 5 nitrogen and oxygen atoms in total. The maximum absolute atomic E-state index is 10.4. The summed E-state index contributed by atoms with van der Waals surface area (Å²) >= 11 is 6.26. The summed E-state index contributed by atoms with van der Waals surface area (Å²) in [6.07, 6.45) is 4.66. The standard InChI is InChI=1S/C18H28ClN3O2/c1-3-20-17(22-13-18(23)9-4-5-10-18)21-11-8-14-6-7-15(24-2)12-16(14)19/h6-7,12,23H,3-5,8-11,13H2,1-2H3,(H2,20,21,22). The van der Waals surface area contributed by atoms with Gasteiger partial charge in [0.15, 0.2) is 5.96 Å². The molecule has 0 saturated heterocycles. The first-order valence-corrected chi connectivity index (χ1v) is 9.01. The number of hydrogen-bond acceptors (Lipinski definition) is 3. The van der Waals surface area contributed by atoms with Gasteiger partial charge >= 0.3 is 0 Å². The normalized spacial score (nSPS) is 16.9. The highest BCUT2D eigenvalue weighted by Gasteiger charge is 2.30. The Morgan fingerprint density at radius 2 is 2.08 bits per heavy atom. The lowest BCUT2D eigenvalue weighted by atomic mass is 10.0. The summed E-state index contributed by atoms with van der Waals surface area (Å²) in [7, 11) is 1.63. The van der Waals surface area contributed by atoms with E-state index in [-0.39, 0.29) is 0 Å². The first-order chi connectivity index (χ1) is 11.6. The van der Waals surface area contributed by atoms with E-state index in [4.69, 9.17) is 16.3 Å². The zero-order valence-corrected chi connectivity index (χ0v) is 15.3. The van der Waals surface area contributed by atoms with Crippen molar-refractivity contribution in [3.8, 4) is 5.75 Å². The number of rotatable bonds is 7. The number of halogens is 1. The molecule has 0 heterocycles. The summed E-state index contributed by atoms with van der Waals surface area (Å²) in [6.45, 7) is 3.98. The predicted molar refractivity (Wildman–Crippen MR) is 99.1 cm³/mol. The average Bonchev–Trinajstić information content (AvgIpc) is 3.01. The monoisotopic (exact) mass is 353 g/mol. The van der Waals surface area contributed by atoms with Crippen molar-refractivity contribution in [3.05, 3.63) is 28.8 Å². The Labute approximate surface area is 149 Å². The van der Waals surface area contributed by atoms with Gasteiger partial charge in [0.05, 0.1) is 19.3 Å². The zero-order chi connectivity index (χ0) is 17.4. The van der Waals surface area contributed by atoms with Crippen LogP contribution < -0.4 is 15.4 Å². The van der Waals surface area contributed by atoms with Gasteiger partial charge in [0.25, 0.3) is 0 Å². The maximum atomic E-state index is 10.4. The molecule has 0 aromatic heterocycles. The fraction of sp³-hybridized carbons (Fsp3) is 0.611. The van der Waals surface area contributed by atoms with Gasteiger partial charge in [-0.15, -0.1) is 0 Å². The van der Waals surface area contributed by atoms with Gasteiger partial charge < -0.3 is 20.5 Å². The first kappa shape index (κ1) is 18.9. The Morgan fingerprint density at radius 1 is 1.33 bits per heavy atom. The fourth-order valence-electron chi connectivity index (χ4n) is 2.93. The second-order valence-corrected chi connectivity index (χ2v) is 6.67. The Morgan fingerprint density at radius 3 is 2.71 bits per heavy atom.